The fraction of sp³-hybridized carbons (Fsp3) is 0.188. The predicted molar refractivity (Wildman–Crippen MR) is 80.7 cm³/mol. The van der Waals surface area contributed by atoms with Gasteiger partial charge in [-0.3, -0.25) is 4.98 Å². The predicted octanol–water partition coefficient (Wildman–Crippen LogP) is 4.33. The normalized spacial score (nSPS) is 12.7. The summed E-state index contributed by atoms with van der Waals surface area (Å²) < 4.78 is 5.55. The SMILES string of the molecule is C[C@H](NCc1c(Cl)oc2ccccc12)c1cccnc1. The lowest BCUT2D eigenvalue weighted by atomic mass is 10.1. The number of benzene rings is 1. The molecule has 0 aliphatic carbocycles. The van der Waals surface area contributed by atoms with E-state index in [0.717, 1.165) is 22.1 Å². The van der Waals surface area contributed by atoms with Crippen LogP contribution in [0.3, 0.4) is 0 Å². The second kappa shape index (κ2) is 5.65. The molecule has 102 valence electrons. The van der Waals surface area contributed by atoms with Crippen LogP contribution in [0.25, 0.3) is 11.0 Å². The number of nitrogens with zero attached hydrogens (tertiary/aromatic N) is 1. The Balaban J connectivity index is 1.79. The van der Waals surface area contributed by atoms with E-state index in [-0.39, 0.29) is 6.04 Å². The molecule has 3 nitrogen and oxygen atoms in total. The van der Waals surface area contributed by atoms with Crippen LogP contribution >= 0.6 is 11.6 Å². The zero-order valence-corrected chi connectivity index (χ0v) is 11.9. The van der Waals surface area contributed by atoms with E-state index in [0.29, 0.717) is 11.8 Å². The van der Waals surface area contributed by atoms with Crippen molar-refractivity contribution in [3.63, 3.8) is 0 Å². The van der Waals surface area contributed by atoms with Gasteiger partial charge < -0.3 is 9.73 Å². The molecular formula is C16H15ClN2O. The van der Waals surface area contributed by atoms with Crippen LogP contribution in [0.5, 0.6) is 0 Å². The molecule has 2 heterocycles. The fourth-order valence-corrected chi connectivity index (χ4v) is 2.49. The van der Waals surface area contributed by atoms with E-state index in [4.69, 9.17) is 16.0 Å². The average molecular weight is 287 g/mol. The topological polar surface area (TPSA) is 38.1 Å². The number of nitrogens with one attached hydrogen (secondary N) is 1. The van der Waals surface area contributed by atoms with Crippen molar-refractivity contribution in [1.82, 2.24) is 10.3 Å². The molecule has 0 radical (unpaired) electrons. The maximum atomic E-state index is 6.18. The first-order chi connectivity index (χ1) is 9.75. The third kappa shape index (κ3) is 2.55. The fourth-order valence-electron chi connectivity index (χ4n) is 2.24. The summed E-state index contributed by atoms with van der Waals surface area (Å²) in [5, 5.41) is 4.96. The number of pyridine rings is 1. The molecule has 1 aromatic carbocycles. The van der Waals surface area contributed by atoms with Crippen molar-refractivity contribution in [3.05, 3.63) is 65.1 Å². The zero-order valence-electron chi connectivity index (χ0n) is 11.1. The molecule has 20 heavy (non-hydrogen) atoms. The summed E-state index contributed by atoms with van der Waals surface area (Å²) >= 11 is 6.18. The highest BCUT2D eigenvalue weighted by atomic mass is 35.5. The minimum Gasteiger partial charge on any atom is -0.444 e. The van der Waals surface area contributed by atoms with Gasteiger partial charge >= 0.3 is 0 Å². The molecule has 0 fully saturated rings. The van der Waals surface area contributed by atoms with E-state index in [2.05, 4.69) is 23.3 Å². The van der Waals surface area contributed by atoms with Crippen molar-refractivity contribution < 1.29 is 4.42 Å². The van der Waals surface area contributed by atoms with Gasteiger partial charge in [-0.25, -0.2) is 0 Å². The molecular weight excluding hydrogens is 272 g/mol. The van der Waals surface area contributed by atoms with Crippen LogP contribution in [0.15, 0.2) is 53.2 Å². The molecule has 0 saturated carbocycles. The summed E-state index contributed by atoms with van der Waals surface area (Å²) in [6.07, 6.45) is 3.64. The molecule has 2 aromatic heterocycles. The first-order valence-electron chi connectivity index (χ1n) is 6.55. The van der Waals surface area contributed by atoms with Gasteiger partial charge in [0.1, 0.15) is 5.58 Å². The summed E-state index contributed by atoms with van der Waals surface area (Å²) in [7, 11) is 0. The quantitative estimate of drug-likeness (QED) is 0.775. The smallest absolute Gasteiger partial charge is 0.199 e. The van der Waals surface area contributed by atoms with Gasteiger partial charge in [-0.15, -0.1) is 0 Å². The van der Waals surface area contributed by atoms with Crippen LogP contribution in [-0.4, -0.2) is 4.98 Å². The Labute approximate surface area is 122 Å². The Morgan fingerprint density at radius 2 is 2.10 bits per heavy atom. The summed E-state index contributed by atoms with van der Waals surface area (Å²) in [5.74, 6) is 0. The van der Waals surface area contributed by atoms with Crippen LogP contribution < -0.4 is 5.32 Å². The first-order valence-corrected chi connectivity index (χ1v) is 6.92. The lowest BCUT2D eigenvalue weighted by Gasteiger charge is -2.13. The number of fused-ring (bicyclic) bond motifs is 1. The molecule has 4 heteroatoms. The van der Waals surface area contributed by atoms with Crippen molar-refractivity contribution in [2.24, 2.45) is 0 Å². The standard InChI is InChI=1S/C16H15ClN2O/c1-11(12-5-4-8-18-9-12)19-10-14-13-6-2-3-7-15(13)20-16(14)17/h2-9,11,19H,10H2,1H3/t11-/m0/s1. The number of hydrogen-bond acceptors (Lipinski definition) is 3. The van der Waals surface area contributed by atoms with E-state index in [9.17, 15) is 0 Å². The largest absolute Gasteiger partial charge is 0.444 e. The van der Waals surface area contributed by atoms with Crippen molar-refractivity contribution >= 4 is 22.6 Å². The third-order valence-corrected chi connectivity index (χ3v) is 3.72. The number of rotatable bonds is 4. The van der Waals surface area contributed by atoms with Gasteiger partial charge in [-0.2, -0.15) is 0 Å². The van der Waals surface area contributed by atoms with Crippen LogP contribution in [0.1, 0.15) is 24.1 Å². The van der Waals surface area contributed by atoms with E-state index in [1.165, 1.54) is 0 Å². The van der Waals surface area contributed by atoms with Crippen LogP contribution in [0, 0.1) is 0 Å². The number of halogens is 1. The van der Waals surface area contributed by atoms with Crippen LogP contribution in [0.4, 0.5) is 0 Å². The highest BCUT2D eigenvalue weighted by molar-refractivity contribution is 6.30. The molecule has 0 aliphatic rings. The monoisotopic (exact) mass is 286 g/mol. The summed E-state index contributed by atoms with van der Waals surface area (Å²) in [6.45, 7) is 2.76. The third-order valence-electron chi connectivity index (χ3n) is 3.42. The summed E-state index contributed by atoms with van der Waals surface area (Å²) in [4.78, 5) is 4.13. The molecule has 0 spiro atoms. The minimum absolute atomic E-state index is 0.202. The molecule has 0 bridgehead atoms. The molecule has 3 aromatic rings. The number of furan rings is 1. The molecule has 1 atom stereocenters. The maximum Gasteiger partial charge on any atom is 0.199 e. The lowest BCUT2D eigenvalue weighted by Crippen LogP contribution is -2.18. The van der Waals surface area contributed by atoms with Crippen LogP contribution in [-0.2, 0) is 6.54 Å². The number of para-hydroxylation sites is 1. The highest BCUT2D eigenvalue weighted by Gasteiger charge is 2.13. The zero-order chi connectivity index (χ0) is 13.9. The molecule has 0 unspecified atom stereocenters. The van der Waals surface area contributed by atoms with Gasteiger partial charge in [0.05, 0.1) is 0 Å². The van der Waals surface area contributed by atoms with Crippen molar-refractivity contribution in [2.75, 3.05) is 0 Å². The van der Waals surface area contributed by atoms with Gasteiger partial charge in [0.15, 0.2) is 5.22 Å². The van der Waals surface area contributed by atoms with Gasteiger partial charge in [0.2, 0.25) is 0 Å². The van der Waals surface area contributed by atoms with Gasteiger partial charge in [0.25, 0.3) is 0 Å². The average Bonchev–Trinajstić information content (AvgIpc) is 2.81. The van der Waals surface area contributed by atoms with Gasteiger partial charge in [-0.1, -0.05) is 24.3 Å². The molecule has 0 amide bonds. The second-order valence-corrected chi connectivity index (χ2v) is 5.08. The minimum atomic E-state index is 0.202. The Hall–Kier alpha value is -1.84. The van der Waals surface area contributed by atoms with Gasteiger partial charge in [-0.05, 0) is 36.2 Å². The molecule has 0 saturated heterocycles. The Bertz CT molecular complexity index is 709. The lowest BCUT2D eigenvalue weighted by molar-refractivity contribution is 0.562. The summed E-state index contributed by atoms with van der Waals surface area (Å²) in [5.41, 5.74) is 2.97. The van der Waals surface area contributed by atoms with Crippen molar-refractivity contribution in [2.45, 2.75) is 19.5 Å². The highest BCUT2D eigenvalue weighted by Crippen LogP contribution is 2.29. The van der Waals surface area contributed by atoms with E-state index in [1.807, 2.05) is 36.5 Å². The Kier molecular flexibility index (Phi) is 3.72. The molecule has 1 N–H and O–H groups in total. The number of aromatic nitrogens is 1. The summed E-state index contributed by atoms with van der Waals surface area (Å²) in [6, 6.07) is 12.1. The maximum absolute atomic E-state index is 6.18. The molecule has 3 rings (SSSR count). The van der Waals surface area contributed by atoms with E-state index < -0.39 is 0 Å². The van der Waals surface area contributed by atoms with Crippen molar-refractivity contribution in [3.8, 4) is 0 Å². The van der Waals surface area contributed by atoms with Crippen molar-refractivity contribution in [1.29, 1.82) is 0 Å². The number of hydrogen-bond donors (Lipinski definition) is 1. The van der Waals surface area contributed by atoms with Gasteiger partial charge in [0, 0.05) is 35.9 Å². The van der Waals surface area contributed by atoms with E-state index in [1.54, 1.807) is 6.20 Å². The van der Waals surface area contributed by atoms with Crippen LogP contribution in [0.2, 0.25) is 5.22 Å². The Morgan fingerprint density at radius 3 is 2.90 bits per heavy atom. The molecule has 0 aliphatic heterocycles. The van der Waals surface area contributed by atoms with E-state index >= 15 is 0 Å². The Morgan fingerprint density at radius 1 is 1.25 bits per heavy atom. The first kappa shape index (κ1) is 13.2. The second-order valence-electron chi connectivity index (χ2n) is 4.74.